The van der Waals surface area contributed by atoms with Crippen molar-refractivity contribution in [3.8, 4) is 0 Å². The Hall–Kier alpha value is -0.540. The van der Waals surface area contributed by atoms with Crippen molar-refractivity contribution in [2.45, 2.75) is 19.8 Å². The van der Waals surface area contributed by atoms with Crippen LogP contribution in [0.25, 0.3) is 0 Å². The lowest BCUT2D eigenvalue weighted by Crippen LogP contribution is -2.21. The van der Waals surface area contributed by atoms with E-state index >= 15 is 0 Å². The summed E-state index contributed by atoms with van der Waals surface area (Å²) in [5, 5.41) is 3.19. The van der Waals surface area contributed by atoms with Crippen LogP contribution in [-0.2, 0) is 9.53 Å². The Balaban J connectivity index is 0.00000144. The molecule has 0 saturated carbocycles. The first-order chi connectivity index (χ1) is 5.83. The van der Waals surface area contributed by atoms with Gasteiger partial charge in [-0.3, -0.25) is 4.79 Å². The summed E-state index contributed by atoms with van der Waals surface area (Å²) in [6.07, 6.45) is 3.51. The summed E-state index contributed by atoms with van der Waals surface area (Å²) >= 11 is 0. The molecule has 0 aromatic carbocycles. The SMILES string of the molecule is CCOC(=O)CC1=CCNCC1.Cl. The number of nitrogens with one attached hydrogen (secondary N) is 1. The Kier molecular flexibility index (Phi) is 6.63. The van der Waals surface area contributed by atoms with E-state index in [2.05, 4.69) is 11.4 Å². The van der Waals surface area contributed by atoms with Gasteiger partial charge in [0.15, 0.2) is 0 Å². The number of hydrogen-bond acceptors (Lipinski definition) is 3. The molecule has 0 aliphatic carbocycles. The molecular formula is C9H16ClNO2. The van der Waals surface area contributed by atoms with Gasteiger partial charge in [-0.05, 0) is 19.9 Å². The van der Waals surface area contributed by atoms with Gasteiger partial charge in [0.1, 0.15) is 0 Å². The molecule has 0 bridgehead atoms. The minimum Gasteiger partial charge on any atom is -0.466 e. The molecule has 1 rings (SSSR count). The number of carbonyl (C=O) groups excluding carboxylic acids is 1. The second kappa shape index (κ2) is 6.92. The predicted octanol–water partition coefficient (Wildman–Crippen LogP) is 1.28. The fourth-order valence-electron chi connectivity index (χ4n) is 1.23. The molecule has 0 aromatic heterocycles. The smallest absolute Gasteiger partial charge is 0.309 e. The summed E-state index contributed by atoms with van der Waals surface area (Å²) in [5.41, 5.74) is 1.20. The standard InChI is InChI=1S/C9H15NO2.ClH/c1-2-12-9(11)7-8-3-5-10-6-4-8;/h3,10H,2,4-7H2,1H3;1H. The number of rotatable bonds is 3. The van der Waals surface area contributed by atoms with Crippen LogP contribution in [0.5, 0.6) is 0 Å². The van der Waals surface area contributed by atoms with Crippen LogP contribution in [0, 0.1) is 0 Å². The third kappa shape index (κ3) is 4.90. The molecule has 3 nitrogen and oxygen atoms in total. The highest BCUT2D eigenvalue weighted by molar-refractivity contribution is 5.85. The number of halogens is 1. The molecule has 1 heterocycles. The molecule has 1 aliphatic heterocycles. The van der Waals surface area contributed by atoms with Crippen LogP contribution in [-0.4, -0.2) is 25.7 Å². The summed E-state index contributed by atoms with van der Waals surface area (Å²) in [7, 11) is 0. The van der Waals surface area contributed by atoms with Gasteiger partial charge >= 0.3 is 5.97 Å². The van der Waals surface area contributed by atoms with Crippen LogP contribution < -0.4 is 5.32 Å². The maximum absolute atomic E-state index is 11.0. The largest absolute Gasteiger partial charge is 0.466 e. The van der Waals surface area contributed by atoms with Gasteiger partial charge in [-0.1, -0.05) is 11.6 Å². The van der Waals surface area contributed by atoms with Crippen molar-refractivity contribution in [2.24, 2.45) is 0 Å². The molecule has 13 heavy (non-hydrogen) atoms. The highest BCUT2D eigenvalue weighted by Crippen LogP contribution is 2.09. The van der Waals surface area contributed by atoms with Crippen LogP contribution in [0.1, 0.15) is 19.8 Å². The van der Waals surface area contributed by atoms with Crippen LogP contribution >= 0.6 is 12.4 Å². The molecular weight excluding hydrogens is 190 g/mol. The van der Waals surface area contributed by atoms with E-state index in [1.807, 2.05) is 6.92 Å². The summed E-state index contributed by atoms with van der Waals surface area (Å²) in [4.78, 5) is 11.0. The highest BCUT2D eigenvalue weighted by atomic mass is 35.5. The van der Waals surface area contributed by atoms with E-state index in [1.54, 1.807) is 0 Å². The molecule has 1 aliphatic rings. The van der Waals surface area contributed by atoms with Gasteiger partial charge in [-0.25, -0.2) is 0 Å². The van der Waals surface area contributed by atoms with Gasteiger partial charge in [-0.2, -0.15) is 0 Å². The van der Waals surface area contributed by atoms with Crippen LogP contribution in [0.3, 0.4) is 0 Å². The van der Waals surface area contributed by atoms with E-state index < -0.39 is 0 Å². The van der Waals surface area contributed by atoms with Crippen molar-refractivity contribution < 1.29 is 9.53 Å². The lowest BCUT2D eigenvalue weighted by molar-refractivity contribution is -0.142. The summed E-state index contributed by atoms with van der Waals surface area (Å²) in [6.45, 7) is 4.17. The topological polar surface area (TPSA) is 38.3 Å². The lowest BCUT2D eigenvalue weighted by atomic mass is 10.1. The Morgan fingerprint density at radius 3 is 3.00 bits per heavy atom. The highest BCUT2D eigenvalue weighted by Gasteiger charge is 2.08. The minimum absolute atomic E-state index is 0. The third-order valence-corrected chi connectivity index (χ3v) is 1.83. The maximum atomic E-state index is 11.0. The van der Waals surface area contributed by atoms with Crippen molar-refractivity contribution in [3.05, 3.63) is 11.6 Å². The Morgan fingerprint density at radius 2 is 2.46 bits per heavy atom. The van der Waals surface area contributed by atoms with E-state index in [1.165, 1.54) is 5.57 Å². The van der Waals surface area contributed by atoms with E-state index in [4.69, 9.17) is 4.74 Å². The average Bonchev–Trinajstić information content (AvgIpc) is 2.06. The van der Waals surface area contributed by atoms with E-state index in [9.17, 15) is 4.79 Å². The molecule has 0 amide bonds. The molecule has 4 heteroatoms. The quantitative estimate of drug-likeness (QED) is 0.557. The van der Waals surface area contributed by atoms with Gasteiger partial charge in [0.05, 0.1) is 13.0 Å². The van der Waals surface area contributed by atoms with Gasteiger partial charge < -0.3 is 10.1 Å². The zero-order valence-corrected chi connectivity index (χ0v) is 8.65. The van der Waals surface area contributed by atoms with Gasteiger partial charge in [-0.15, -0.1) is 12.4 Å². The van der Waals surface area contributed by atoms with Gasteiger partial charge in [0, 0.05) is 6.54 Å². The maximum Gasteiger partial charge on any atom is 0.309 e. The van der Waals surface area contributed by atoms with E-state index in [0.717, 1.165) is 19.5 Å². The predicted molar refractivity (Wildman–Crippen MR) is 54.1 cm³/mol. The minimum atomic E-state index is -0.106. The second-order valence-corrected chi connectivity index (χ2v) is 2.80. The zero-order valence-electron chi connectivity index (χ0n) is 7.84. The molecule has 0 radical (unpaired) electrons. The fourth-order valence-corrected chi connectivity index (χ4v) is 1.23. The van der Waals surface area contributed by atoms with Crippen LogP contribution in [0.4, 0.5) is 0 Å². The zero-order chi connectivity index (χ0) is 8.81. The van der Waals surface area contributed by atoms with Crippen LogP contribution in [0.2, 0.25) is 0 Å². The number of ether oxygens (including phenoxy) is 1. The Labute approximate surface area is 84.9 Å². The molecule has 0 atom stereocenters. The third-order valence-electron chi connectivity index (χ3n) is 1.83. The van der Waals surface area contributed by atoms with E-state index in [-0.39, 0.29) is 18.4 Å². The van der Waals surface area contributed by atoms with Gasteiger partial charge in [0.25, 0.3) is 0 Å². The van der Waals surface area contributed by atoms with Crippen molar-refractivity contribution in [1.29, 1.82) is 0 Å². The normalized spacial score (nSPS) is 15.6. The van der Waals surface area contributed by atoms with Crippen molar-refractivity contribution >= 4 is 18.4 Å². The Bertz CT molecular complexity index is 192. The molecule has 1 N–H and O–H groups in total. The van der Waals surface area contributed by atoms with Crippen molar-refractivity contribution in [2.75, 3.05) is 19.7 Å². The number of esters is 1. The second-order valence-electron chi connectivity index (χ2n) is 2.80. The first-order valence-corrected chi connectivity index (χ1v) is 4.37. The molecule has 0 aromatic rings. The summed E-state index contributed by atoms with van der Waals surface area (Å²) in [6, 6.07) is 0. The fraction of sp³-hybridized carbons (Fsp3) is 0.667. The average molecular weight is 206 g/mol. The molecule has 0 spiro atoms. The van der Waals surface area contributed by atoms with E-state index in [0.29, 0.717) is 13.0 Å². The van der Waals surface area contributed by atoms with Gasteiger partial charge in [0.2, 0.25) is 0 Å². The number of hydrogen-bond donors (Lipinski definition) is 1. The summed E-state index contributed by atoms with van der Waals surface area (Å²) in [5.74, 6) is -0.106. The first-order valence-electron chi connectivity index (χ1n) is 4.37. The molecule has 0 fully saturated rings. The summed E-state index contributed by atoms with van der Waals surface area (Å²) < 4.78 is 4.84. The van der Waals surface area contributed by atoms with Crippen molar-refractivity contribution in [1.82, 2.24) is 5.32 Å². The monoisotopic (exact) mass is 205 g/mol. The molecule has 76 valence electrons. The Morgan fingerprint density at radius 1 is 1.69 bits per heavy atom. The first kappa shape index (κ1) is 12.5. The van der Waals surface area contributed by atoms with Crippen molar-refractivity contribution in [3.63, 3.8) is 0 Å². The number of carbonyl (C=O) groups is 1. The molecule has 0 unspecified atom stereocenters. The lowest BCUT2D eigenvalue weighted by Gasteiger charge is -2.12. The molecule has 0 saturated heterocycles. The van der Waals surface area contributed by atoms with Crippen LogP contribution in [0.15, 0.2) is 11.6 Å².